The molecule has 0 aliphatic carbocycles. The lowest BCUT2D eigenvalue weighted by Crippen LogP contribution is -2.06. The molecule has 0 fully saturated rings. The Morgan fingerprint density at radius 1 is 1.33 bits per heavy atom. The highest BCUT2D eigenvalue weighted by atomic mass is 16.5. The Bertz CT molecular complexity index is 532. The molecule has 0 aliphatic heterocycles. The summed E-state index contributed by atoms with van der Waals surface area (Å²) in [7, 11) is 1.60. The number of aromatic amines is 1. The van der Waals surface area contributed by atoms with Gasteiger partial charge in [-0.2, -0.15) is 0 Å². The summed E-state index contributed by atoms with van der Waals surface area (Å²) < 4.78 is 10.4. The lowest BCUT2D eigenvalue weighted by atomic mass is 10.1. The average molecular weight is 245 g/mol. The number of benzene rings is 1. The van der Waals surface area contributed by atoms with Crippen molar-refractivity contribution in [3.8, 4) is 5.75 Å². The van der Waals surface area contributed by atoms with E-state index < -0.39 is 0 Å². The summed E-state index contributed by atoms with van der Waals surface area (Å²) >= 11 is 0. The minimum atomic E-state index is -0.372. The molecule has 4 nitrogen and oxygen atoms in total. The van der Waals surface area contributed by atoms with Crippen molar-refractivity contribution in [2.75, 3.05) is 7.11 Å². The molecule has 4 heteroatoms. The number of hydrogen-bond acceptors (Lipinski definition) is 3. The van der Waals surface area contributed by atoms with Crippen molar-refractivity contribution in [2.24, 2.45) is 0 Å². The molecule has 2 aromatic rings. The highest BCUT2D eigenvalue weighted by Gasteiger charge is 2.10. The number of methoxy groups -OCH3 is 1. The van der Waals surface area contributed by atoms with E-state index in [0.29, 0.717) is 5.69 Å². The van der Waals surface area contributed by atoms with Crippen molar-refractivity contribution >= 4 is 5.97 Å². The molecule has 0 unspecified atom stereocenters. The lowest BCUT2D eigenvalue weighted by molar-refractivity contribution is 0.0464. The van der Waals surface area contributed by atoms with E-state index in [1.165, 1.54) is 0 Å². The quantitative estimate of drug-likeness (QED) is 0.842. The predicted molar refractivity (Wildman–Crippen MR) is 67.6 cm³/mol. The Balaban J connectivity index is 2.06. The second-order valence-electron chi connectivity index (χ2n) is 3.98. The fraction of sp³-hybridized carbons (Fsp3) is 0.214. The highest BCUT2D eigenvalue weighted by molar-refractivity contribution is 5.87. The van der Waals surface area contributed by atoms with E-state index >= 15 is 0 Å². The minimum absolute atomic E-state index is 0.197. The normalized spacial score (nSPS) is 10.1. The van der Waals surface area contributed by atoms with Crippen molar-refractivity contribution in [3.05, 3.63) is 53.3 Å². The Morgan fingerprint density at radius 2 is 2.17 bits per heavy atom. The van der Waals surface area contributed by atoms with Gasteiger partial charge < -0.3 is 14.5 Å². The van der Waals surface area contributed by atoms with Crippen LogP contribution >= 0.6 is 0 Å². The number of nitrogens with one attached hydrogen (secondary N) is 1. The van der Waals surface area contributed by atoms with E-state index in [9.17, 15) is 4.79 Å². The summed E-state index contributed by atoms with van der Waals surface area (Å²) in [4.78, 5) is 14.5. The zero-order valence-electron chi connectivity index (χ0n) is 10.4. The Labute approximate surface area is 106 Å². The van der Waals surface area contributed by atoms with Crippen molar-refractivity contribution in [3.63, 3.8) is 0 Å². The summed E-state index contributed by atoms with van der Waals surface area (Å²) in [6, 6.07) is 9.20. The first-order valence-corrected chi connectivity index (χ1v) is 5.64. The Kier molecular flexibility index (Phi) is 3.67. The predicted octanol–water partition coefficient (Wildman–Crippen LogP) is 2.69. The first kappa shape index (κ1) is 12.2. The zero-order chi connectivity index (χ0) is 13.0. The molecular formula is C14H15NO3. The summed E-state index contributed by atoms with van der Waals surface area (Å²) in [5.41, 5.74) is 2.40. The van der Waals surface area contributed by atoms with E-state index in [4.69, 9.17) is 9.47 Å². The molecule has 0 amide bonds. The van der Waals surface area contributed by atoms with Crippen LogP contribution in [0, 0.1) is 6.92 Å². The van der Waals surface area contributed by atoms with Gasteiger partial charge in [0.25, 0.3) is 0 Å². The second-order valence-corrected chi connectivity index (χ2v) is 3.98. The third-order valence-electron chi connectivity index (χ3n) is 2.61. The van der Waals surface area contributed by atoms with Gasteiger partial charge >= 0.3 is 5.97 Å². The molecule has 1 heterocycles. The number of H-pyrrole nitrogens is 1. The molecule has 1 aromatic heterocycles. The fourth-order valence-electron chi connectivity index (χ4n) is 1.70. The van der Waals surface area contributed by atoms with Crippen LogP contribution in [0.4, 0.5) is 0 Å². The lowest BCUT2D eigenvalue weighted by Gasteiger charge is -2.09. The molecule has 0 saturated carbocycles. The van der Waals surface area contributed by atoms with E-state index in [-0.39, 0.29) is 12.6 Å². The van der Waals surface area contributed by atoms with Crippen LogP contribution in [-0.4, -0.2) is 18.1 Å². The maximum absolute atomic E-state index is 11.7. The number of hydrogen-bond donors (Lipinski definition) is 1. The third kappa shape index (κ3) is 2.71. The number of carbonyl (C=O) groups excluding carboxylic acids is 1. The molecule has 1 aromatic carbocycles. The van der Waals surface area contributed by atoms with Crippen molar-refractivity contribution in [1.82, 2.24) is 4.98 Å². The maximum atomic E-state index is 11.7. The van der Waals surface area contributed by atoms with Gasteiger partial charge in [-0.05, 0) is 31.2 Å². The van der Waals surface area contributed by atoms with Gasteiger partial charge in [-0.25, -0.2) is 4.79 Å². The van der Waals surface area contributed by atoms with Crippen LogP contribution in [0.25, 0.3) is 0 Å². The molecule has 0 radical (unpaired) electrons. The van der Waals surface area contributed by atoms with Crippen molar-refractivity contribution in [1.29, 1.82) is 0 Å². The van der Waals surface area contributed by atoms with Gasteiger partial charge in [-0.3, -0.25) is 0 Å². The molecule has 0 spiro atoms. The SMILES string of the molecule is COc1ccc(C)cc1COC(=O)c1ccc[nH]1. The fourth-order valence-corrected chi connectivity index (χ4v) is 1.70. The van der Waals surface area contributed by atoms with Gasteiger partial charge in [-0.15, -0.1) is 0 Å². The Hall–Kier alpha value is -2.23. The first-order valence-electron chi connectivity index (χ1n) is 5.64. The number of rotatable bonds is 4. The number of aromatic nitrogens is 1. The number of esters is 1. The van der Waals surface area contributed by atoms with E-state index in [1.807, 2.05) is 25.1 Å². The van der Waals surface area contributed by atoms with Crippen molar-refractivity contribution < 1.29 is 14.3 Å². The summed E-state index contributed by atoms with van der Waals surface area (Å²) in [5, 5.41) is 0. The molecule has 0 saturated heterocycles. The summed E-state index contributed by atoms with van der Waals surface area (Å²) in [6.45, 7) is 2.18. The van der Waals surface area contributed by atoms with Gasteiger partial charge in [0.05, 0.1) is 7.11 Å². The Morgan fingerprint density at radius 3 is 2.83 bits per heavy atom. The molecule has 0 atom stereocenters. The number of carbonyl (C=O) groups is 1. The van der Waals surface area contributed by atoms with Crippen LogP contribution < -0.4 is 4.74 Å². The van der Waals surface area contributed by atoms with Gasteiger partial charge in [-0.1, -0.05) is 11.6 Å². The first-order chi connectivity index (χ1) is 8.70. The largest absolute Gasteiger partial charge is 0.496 e. The summed E-state index contributed by atoms with van der Waals surface area (Å²) in [6.07, 6.45) is 1.68. The van der Waals surface area contributed by atoms with Gasteiger partial charge in [0.1, 0.15) is 18.1 Å². The molecule has 2 rings (SSSR count). The van der Waals surface area contributed by atoms with Crippen LogP contribution in [0.15, 0.2) is 36.5 Å². The molecule has 18 heavy (non-hydrogen) atoms. The smallest absolute Gasteiger partial charge is 0.355 e. The molecule has 1 N–H and O–H groups in total. The average Bonchev–Trinajstić information content (AvgIpc) is 2.90. The van der Waals surface area contributed by atoms with Gasteiger partial charge in [0.15, 0.2) is 0 Å². The van der Waals surface area contributed by atoms with Crippen molar-refractivity contribution in [2.45, 2.75) is 13.5 Å². The second kappa shape index (κ2) is 5.40. The van der Waals surface area contributed by atoms with Gasteiger partial charge in [0.2, 0.25) is 0 Å². The zero-order valence-corrected chi connectivity index (χ0v) is 10.4. The maximum Gasteiger partial charge on any atom is 0.355 e. The van der Waals surface area contributed by atoms with E-state index in [1.54, 1.807) is 25.4 Å². The van der Waals surface area contributed by atoms with E-state index in [0.717, 1.165) is 16.9 Å². The number of ether oxygens (including phenoxy) is 2. The number of aryl methyl sites for hydroxylation is 1. The van der Waals surface area contributed by atoms with E-state index in [2.05, 4.69) is 4.98 Å². The van der Waals surface area contributed by atoms with Crippen LogP contribution in [0.2, 0.25) is 0 Å². The molecule has 0 aliphatic rings. The minimum Gasteiger partial charge on any atom is -0.496 e. The van der Waals surface area contributed by atoms with Crippen LogP contribution in [-0.2, 0) is 11.3 Å². The monoisotopic (exact) mass is 245 g/mol. The topological polar surface area (TPSA) is 51.3 Å². The standard InChI is InChI=1S/C14H15NO3/c1-10-5-6-13(17-2)11(8-10)9-18-14(16)12-4-3-7-15-12/h3-8,15H,9H2,1-2H3. The third-order valence-corrected chi connectivity index (χ3v) is 2.61. The molecular weight excluding hydrogens is 230 g/mol. The molecule has 0 bridgehead atoms. The van der Waals surface area contributed by atoms with Crippen LogP contribution in [0.3, 0.4) is 0 Å². The van der Waals surface area contributed by atoms with Gasteiger partial charge in [0, 0.05) is 11.8 Å². The highest BCUT2D eigenvalue weighted by Crippen LogP contribution is 2.20. The summed E-state index contributed by atoms with van der Waals surface area (Å²) in [5.74, 6) is 0.350. The van der Waals surface area contributed by atoms with Crippen LogP contribution in [0.5, 0.6) is 5.75 Å². The van der Waals surface area contributed by atoms with Crippen LogP contribution in [0.1, 0.15) is 21.6 Å². The molecule has 94 valence electrons.